The minimum Gasteiger partial charge on any atom is -0.453 e. The molecular formula is C36H44N8O4. The first kappa shape index (κ1) is 34.2. The Morgan fingerprint density at radius 1 is 1.10 bits per heavy atom. The van der Waals surface area contributed by atoms with Gasteiger partial charge >= 0.3 is 6.09 Å². The first-order chi connectivity index (χ1) is 23.2. The standard InChI is InChI=1S/C36H44N8O4/c1-6-17-43(35(46)33(23(2)3)42-36(47)48-5)22-31-39-27-16-13-25(19-28(27)40-31)10-9-24-11-14-26(15-12-24)29-20-38-34(41-29)30-8-7-18-44(30)32(45)21-37-4/h11-16,19-20,23,30,33,37H,6-8,17-18,21-22H2,1-5H3,(H,38,41)(H,39,40)(H,42,47)/t30-,33?/m0/s1. The van der Waals surface area contributed by atoms with Crippen LogP contribution in [0.3, 0.4) is 0 Å². The molecule has 2 aromatic heterocycles. The number of H-pyrrole nitrogens is 2. The maximum atomic E-state index is 13.4. The molecule has 12 nitrogen and oxygen atoms in total. The first-order valence-corrected chi connectivity index (χ1v) is 16.4. The summed E-state index contributed by atoms with van der Waals surface area (Å²) in [6.07, 6.45) is 3.81. The van der Waals surface area contributed by atoms with Crippen LogP contribution in [0.5, 0.6) is 0 Å². The van der Waals surface area contributed by atoms with E-state index in [0.717, 1.165) is 65.0 Å². The molecule has 3 heterocycles. The van der Waals surface area contributed by atoms with Gasteiger partial charge in [-0.1, -0.05) is 44.7 Å². The molecule has 3 amide bonds. The monoisotopic (exact) mass is 652 g/mol. The van der Waals surface area contributed by atoms with Crippen molar-refractivity contribution in [2.45, 2.75) is 58.7 Å². The highest BCUT2D eigenvalue weighted by atomic mass is 16.5. The number of hydrogen-bond donors (Lipinski definition) is 4. The molecule has 1 aliphatic heterocycles. The molecule has 0 radical (unpaired) electrons. The third-order valence-corrected chi connectivity index (χ3v) is 8.43. The Morgan fingerprint density at radius 3 is 2.56 bits per heavy atom. The Morgan fingerprint density at radius 2 is 1.85 bits per heavy atom. The highest BCUT2D eigenvalue weighted by Gasteiger charge is 2.32. The van der Waals surface area contributed by atoms with Crippen molar-refractivity contribution in [3.05, 3.63) is 71.4 Å². The van der Waals surface area contributed by atoms with Crippen molar-refractivity contribution in [2.75, 3.05) is 33.8 Å². The fraction of sp³-hybridized carbons (Fsp3) is 0.417. The predicted octanol–water partition coefficient (Wildman–Crippen LogP) is 4.35. The molecule has 5 rings (SSSR count). The zero-order chi connectivity index (χ0) is 34.2. The number of ether oxygens (including phenoxy) is 1. The fourth-order valence-corrected chi connectivity index (χ4v) is 5.96. The molecule has 1 unspecified atom stereocenters. The maximum Gasteiger partial charge on any atom is 0.407 e. The number of nitrogens with one attached hydrogen (secondary N) is 4. The number of aromatic nitrogens is 4. The molecule has 1 aliphatic rings. The lowest BCUT2D eigenvalue weighted by atomic mass is 10.0. The third kappa shape index (κ3) is 8.04. The van der Waals surface area contributed by atoms with E-state index < -0.39 is 12.1 Å². The molecule has 0 saturated carbocycles. The number of aromatic amines is 2. The van der Waals surface area contributed by atoms with Gasteiger partial charge in [-0.05, 0) is 68.1 Å². The molecule has 48 heavy (non-hydrogen) atoms. The summed E-state index contributed by atoms with van der Waals surface area (Å²) in [7, 11) is 3.06. The molecule has 2 atom stereocenters. The van der Waals surface area contributed by atoms with E-state index in [9.17, 15) is 14.4 Å². The number of amides is 3. The number of nitrogens with zero attached hydrogens (tertiary/aromatic N) is 4. The topological polar surface area (TPSA) is 148 Å². The molecule has 0 spiro atoms. The molecule has 0 aliphatic carbocycles. The summed E-state index contributed by atoms with van der Waals surface area (Å²) in [4.78, 5) is 57.5. The molecule has 4 aromatic rings. The van der Waals surface area contributed by atoms with E-state index in [1.165, 1.54) is 7.11 Å². The van der Waals surface area contributed by atoms with Gasteiger partial charge in [0.05, 0.1) is 49.2 Å². The number of fused-ring (bicyclic) bond motifs is 1. The van der Waals surface area contributed by atoms with Gasteiger partial charge in [-0.15, -0.1) is 0 Å². The predicted molar refractivity (Wildman–Crippen MR) is 184 cm³/mol. The minimum absolute atomic E-state index is 0.0293. The van der Waals surface area contributed by atoms with E-state index in [0.29, 0.717) is 18.9 Å². The van der Waals surface area contributed by atoms with Gasteiger partial charge in [0.15, 0.2) is 0 Å². The summed E-state index contributed by atoms with van der Waals surface area (Å²) in [6, 6.07) is 13.0. The van der Waals surface area contributed by atoms with E-state index in [2.05, 4.69) is 37.4 Å². The molecular weight excluding hydrogens is 608 g/mol. The van der Waals surface area contributed by atoms with E-state index in [4.69, 9.17) is 9.72 Å². The average molecular weight is 653 g/mol. The maximum absolute atomic E-state index is 13.4. The number of rotatable bonds is 11. The third-order valence-electron chi connectivity index (χ3n) is 8.43. The van der Waals surface area contributed by atoms with Gasteiger partial charge in [0, 0.05) is 24.2 Å². The Kier molecular flexibility index (Phi) is 11.1. The molecule has 2 aromatic carbocycles. The number of hydrogen-bond acceptors (Lipinski definition) is 7. The quantitative estimate of drug-likeness (QED) is 0.176. The summed E-state index contributed by atoms with van der Waals surface area (Å²) in [5.74, 6) is 7.74. The van der Waals surface area contributed by atoms with Gasteiger partial charge in [-0.3, -0.25) is 9.59 Å². The molecule has 1 fully saturated rings. The van der Waals surface area contributed by atoms with Crippen LogP contribution < -0.4 is 10.6 Å². The van der Waals surface area contributed by atoms with Gasteiger partial charge in [0.2, 0.25) is 11.8 Å². The van der Waals surface area contributed by atoms with Crippen molar-refractivity contribution < 1.29 is 19.1 Å². The van der Waals surface area contributed by atoms with Crippen molar-refractivity contribution in [3.8, 4) is 23.1 Å². The number of likely N-dealkylation sites (tertiary alicyclic amines) is 1. The largest absolute Gasteiger partial charge is 0.453 e. The van der Waals surface area contributed by atoms with Gasteiger partial charge in [-0.2, -0.15) is 0 Å². The Hall–Kier alpha value is -5.15. The minimum atomic E-state index is -0.704. The number of carbonyl (C=O) groups excluding carboxylic acids is 3. The van der Waals surface area contributed by atoms with Crippen molar-refractivity contribution in [1.29, 1.82) is 0 Å². The second-order valence-corrected chi connectivity index (χ2v) is 12.3. The normalized spacial score (nSPS) is 14.9. The van der Waals surface area contributed by atoms with E-state index in [1.54, 1.807) is 11.9 Å². The van der Waals surface area contributed by atoms with Crippen molar-refractivity contribution >= 4 is 28.9 Å². The van der Waals surface area contributed by atoms with E-state index in [1.807, 2.05) is 74.3 Å². The van der Waals surface area contributed by atoms with Gasteiger partial charge in [0.25, 0.3) is 0 Å². The molecule has 1 saturated heterocycles. The smallest absolute Gasteiger partial charge is 0.407 e. The Balaban J connectivity index is 1.25. The van der Waals surface area contributed by atoms with Crippen molar-refractivity contribution in [2.24, 2.45) is 5.92 Å². The van der Waals surface area contributed by atoms with Crippen LogP contribution in [-0.4, -0.2) is 87.5 Å². The highest BCUT2D eigenvalue weighted by molar-refractivity contribution is 5.86. The van der Waals surface area contributed by atoms with Crippen LogP contribution >= 0.6 is 0 Å². The van der Waals surface area contributed by atoms with E-state index in [-0.39, 0.29) is 30.3 Å². The summed E-state index contributed by atoms with van der Waals surface area (Å²) in [5.41, 5.74) is 5.20. The molecule has 4 N–H and O–H groups in total. The summed E-state index contributed by atoms with van der Waals surface area (Å²) in [6.45, 7) is 7.65. The van der Waals surface area contributed by atoms with Gasteiger partial charge in [-0.25, -0.2) is 14.8 Å². The lowest BCUT2D eigenvalue weighted by Gasteiger charge is -2.28. The second-order valence-electron chi connectivity index (χ2n) is 12.3. The van der Waals surface area contributed by atoms with Crippen LogP contribution in [0.25, 0.3) is 22.3 Å². The SMILES string of the molecule is CCCN(Cc1nc2ccc(C#Cc3ccc(-c4cnc([C@@H]5CCCN5C(=O)CNC)[nH]4)cc3)cc2[nH]1)C(=O)C(NC(=O)OC)C(C)C. The fourth-order valence-electron chi connectivity index (χ4n) is 5.96. The lowest BCUT2D eigenvalue weighted by Crippen LogP contribution is -2.51. The van der Waals surface area contributed by atoms with E-state index >= 15 is 0 Å². The number of imidazole rings is 2. The summed E-state index contributed by atoms with van der Waals surface area (Å²) < 4.78 is 4.73. The molecule has 252 valence electrons. The highest BCUT2D eigenvalue weighted by Crippen LogP contribution is 2.31. The molecule has 12 heteroatoms. The van der Waals surface area contributed by atoms with Crippen LogP contribution in [0.1, 0.15) is 68.9 Å². The number of likely N-dealkylation sites (N-methyl/N-ethyl adjacent to an activating group) is 1. The van der Waals surface area contributed by atoms with Crippen molar-refractivity contribution in [1.82, 2.24) is 40.4 Å². The number of methoxy groups -OCH3 is 1. The first-order valence-electron chi connectivity index (χ1n) is 16.4. The van der Waals surface area contributed by atoms with Crippen LogP contribution in [0.4, 0.5) is 4.79 Å². The second kappa shape index (κ2) is 15.6. The zero-order valence-corrected chi connectivity index (χ0v) is 28.2. The van der Waals surface area contributed by atoms with Crippen LogP contribution in [0, 0.1) is 17.8 Å². The van der Waals surface area contributed by atoms with Crippen LogP contribution in [0.2, 0.25) is 0 Å². The van der Waals surface area contributed by atoms with Gasteiger partial charge in [0.1, 0.15) is 17.7 Å². The Bertz CT molecular complexity index is 1800. The number of carbonyl (C=O) groups is 3. The average Bonchev–Trinajstić information content (AvgIpc) is 3.85. The van der Waals surface area contributed by atoms with Crippen molar-refractivity contribution in [3.63, 3.8) is 0 Å². The van der Waals surface area contributed by atoms with Gasteiger partial charge < -0.3 is 35.1 Å². The number of alkyl carbamates (subject to hydrolysis) is 1. The summed E-state index contributed by atoms with van der Waals surface area (Å²) in [5, 5.41) is 5.61. The zero-order valence-electron chi connectivity index (χ0n) is 28.2. The number of benzene rings is 2. The lowest BCUT2D eigenvalue weighted by molar-refractivity contribution is -0.135. The van der Waals surface area contributed by atoms with Crippen LogP contribution in [0.15, 0.2) is 48.7 Å². The Labute approximate surface area is 281 Å². The van der Waals surface area contributed by atoms with Crippen LogP contribution in [-0.2, 0) is 20.9 Å². The molecule has 0 bridgehead atoms. The summed E-state index contributed by atoms with van der Waals surface area (Å²) >= 11 is 0.